The lowest BCUT2D eigenvalue weighted by Crippen LogP contribution is -2.14. The van der Waals surface area contributed by atoms with Crippen molar-refractivity contribution in [1.29, 1.82) is 0 Å². The summed E-state index contributed by atoms with van der Waals surface area (Å²) in [6.45, 7) is 3.38. The predicted octanol–water partition coefficient (Wildman–Crippen LogP) is 4.01. The molecular formula is C20H21N3O2. The summed E-state index contributed by atoms with van der Waals surface area (Å²) in [7, 11) is 0. The number of anilines is 2. The summed E-state index contributed by atoms with van der Waals surface area (Å²) in [5.41, 5.74) is 4.56. The standard InChI is InChI=1S/C20H21N3O2/c1-13-7-9-16(22-14(2)24)11-19(13)23-20(25)10-8-15-12-21-18-6-4-3-5-17(15)18/h3-7,9,11-12,21H,8,10H2,1-2H3,(H,22,24)(H,23,25). The maximum absolute atomic E-state index is 12.3. The second-order valence-electron chi connectivity index (χ2n) is 6.12. The van der Waals surface area contributed by atoms with E-state index in [1.54, 1.807) is 6.07 Å². The lowest BCUT2D eigenvalue weighted by Gasteiger charge is -2.11. The van der Waals surface area contributed by atoms with Crippen LogP contribution in [0.1, 0.15) is 24.5 Å². The summed E-state index contributed by atoms with van der Waals surface area (Å²) in [5, 5.41) is 6.81. The van der Waals surface area contributed by atoms with Gasteiger partial charge in [0.25, 0.3) is 0 Å². The molecule has 3 N–H and O–H groups in total. The second-order valence-corrected chi connectivity index (χ2v) is 6.12. The molecule has 2 aromatic carbocycles. The van der Waals surface area contributed by atoms with Crippen molar-refractivity contribution in [3.05, 3.63) is 59.8 Å². The smallest absolute Gasteiger partial charge is 0.224 e. The molecule has 0 bridgehead atoms. The van der Waals surface area contributed by atoms with Crippen LogP contribution >= 0.6 is 0 Å². The van der Waals surface area contributed by atoms with Gasteiger partial charge in [-0.05, 0) is 42.7 Å². The van der Waals surface area contributed by atoms with Crippen LogP contribution in [0.2, 0.25) is 0 Å². The number of fused-ring (bicyclic) bond motifs is 1. The van der Waals surface area contributed by atoms with Crippen molar-refractivity contribution < 1.29 is 9.59 Å². The Kier molecular flexibility index (Phi) is 4.84. The van der Waals surface area contributed by atoms with Crippen molar-refractivity contribution in [2.75, 3.05) is 10.6 Å². The van der Waals surface area contributed by atoms with Crippen molar-refractivity contribution in [2.24, 2.45) is 0 Å². The van der Waals surface area contributed by atoms with E-state index in [-0.39, 0.29) is 11.8 Å². The van der Waals surface area contributed by atoms with Crippen molar-refractivity contribution in [3.8, 4) is 0 Å². The van der Waals surface area contributed by atoms with Crippen LogP contribution in [0, 0.1) is 6.92 Å². The minimum atomic E-state index is -0.138. The highest BCUT2D eigenvalue weighted by Crippen LogP contribution is 2.22. The summed E-state index contributed by atoms with van der Waals surface area (Å²) in [5.74, 6) is -0.186. The summed E-state index contributed by atoms with van der Waals surface area (Å²) >= 11 is 0. The summed E-state index contributed by atoms with van der Waals surface area (Å²) in [4.78, 5) is 26.7. The summed E-state index contributed by atoms with van der Waals surface area (Å²) in [6.07, 6.45) is 3.02. The predicted molar refractivity (Wildman–Crippen MR) is 101 cm³/mol. The van der Waals surface area contributed by atoms with E-state index in [2.05, 4.69) is 21.7 Å². The number of aromatic nitrogens is 1. The Balaban J connectivity index is 1.65. The van der Waals surface area contributed by atoms with Gasteiger partial charge in [0, 0.05) is 41.8 Å². The van der Waals surface area contributed by atoms with E-state index in [4.69, 9.17) is 0 Å². The van der Waals surface area contributed by atoms with E-state index >= 15 is 0 Å². The third-order valence-corrected chi connectivity index (χ3v) is 4.13. The Morgan fingerprint density at radius 3 is 2.68 bits per heavy atom. The third-order valence-electron chi connectivity index (χ3n) is 4.13. The quantitative estimate of drug-likeness (QED) is 0.659. The summed E-state index contributed by atoms with van der Waals surface area (Å²) < 4.78 is 0. The van der Waals surface area contributed by atoms with E-state index in [0.717, 1.165) is 27.7 Å². The normalized spacial score (nSPS) is 10.6. The molecular weight excluding hydrogens is 314 g/mol. The van der Waals surface area contributed by atoms with Crippen molar-refractivity contribution in [3.63, 3.8) is 0 Å². The Bertz CT molecular complexity index is 928. The molecule has 0 atom stereocenters. The fourth-order valence-corrected chi connectivity index (χ4v) is 2.84. The number of hydrogen-bond acceptors (Lipinski definition) is 2. The molecule has 0 radical (unpaired) electrons. The van der Waals surface area contributed by atoms with Crippen molar-refractivity contribution >= 4 is 34.1 Å². The molecule has 1 aromatic heterocycles. The molecule has 0 unspecified atom stereocenters. The first kappa shape index (κ1) is 16.8. The highest BCUT2D eigenvalue weighted by molar-refractivity contribution is 5.94. The number of nitrogens with one attached hydrogen (secondary N) is 3. The fraction of sp³-hybridized carbons (Fsp3) is 0.200. The van der Waals surface area contributed by atoms with Crippen LogP contribution in [-0.4, -0.2) is 16.8 Å². The van der Waals surface area contributed by atoms with Crippen LogP contribution in [0.25, 0.3) is 10.9 Å². The SMILES string of the molecule is CC(=O)Nc1ccc(C)c(NC(=O)CCc2c[nH]c3ccccc23)c1. The molecule has 3 rings (SSSR count). The second kappa shape index (κ2) is 7.21. The molecule has 0 spiro atoms. The Morgan fingerprint density at radius 2 is 1.88 bits per heavy atom. The number of carbonyl (C=O) groups is 2. The van der Waals surface area contributed by atoms with Gasteiger partial charge in [-0.15, -0.1) is 0 Å². The number of aryl methyl sites for hydroxylation is 2. The number of para-hydroxylation sites is 1. The largest absolute Gasteiger partial charge is 0.361 e. The van der Waals surface area contributed by atoms with Crippen molar-refractivity contribution in [1.82, 2.24) is 4.98 Å². The van der Waals surface area contributed by atoms with Crippen LogP contribution < -0.4 is 10.6 Å². The van der Waals surface area contributed by atoms with E-state index < -0.39 is 0 Å². The number of rotatable bonds is 5. The molecule has 3 aromatic rings. The van der Waals surface area contributed by atoms with Crippen LogP contribution in [-0.2, 0) is 16.0 Å². The van der Waals surface area contributed by atoms with Crippen LogP contribution in [0.15, 0.2) is 48.7 Å². The van der Waals surface area contributed by atoms with Gasteiger partial charge in [0.1, 0.15) is 0 Å². The first-order valence-corrected chi connectivity index (χ1v) is 8.26. The molecule has 25 heavy (non-hydrogen) atoms. The highest BCUT2D eigenvalue weighted by Gasteiger charge is 2.09. The maximum Gasteiger partial charge on any atom is 0.224 e. The minimum absolute atomic E-state index is 0.0478. The van der Waals surface area contributed by atoms with Gasteiger partial charge in [0.2, 0.25) is 11.8 Å². The molecule has 5 heteroatoms. The third kappa shape index (κ3) is 4.07. The summed E-state index contributed by atoms with van der Waals surface area (Å²) in [6, 6.07) is 13.5. The number of aromatic amines is 1. The van der Waals surface area contributed by atoms with Gasteiger partial charge in [-0.1, -0.05) is 24.3 Å². The number of amides is 2. The lowest BCUT2D eigenvalue weighted by molar-refractivity contribution is -0.116. The molecule has 128 valence electrons. The first-order valence-electron chi connectivity index (χ1n) is 8.26. The topological polar surface area (TPSA) is 74.0 Å². The van der Waals surface area contributed by atoms with Gasteiger partial charge in [0.15, 0.2) is 0 Å². The molecule has 5 nitrogen and oxygen atoms in total. The number of carbonyl (C=O) groups excluding carboxylic acids is 2. The van der Waals surface area contributed by atoms with Crippen molar-refractivity contribution in [2.45, 2.75) is 26.7 Å². The average Bonchev–Trinajstić information content (AvgIpc) is 2.99. The van der Waals surface area contributed by atoms with Crippen LogP contribution in [0.5, 0.6) is 0 Å². The Labute approximate surface area is 146 Å². The zero-order chi connectivity index (χ0) is 17.8. The van der Waals surface area contributed by atoms with Gasteiger partial charge in [0.05, 0.1) is 0 Å². The molecule has 2 amide bonds. The van der Waals surface area contributed by atoms with Gasteiger partial charge in [-0.2, -0.15) is 0 Å². The molecule has 0 fully saturated rings. The monoisotopic (exact) mass is 335 g/mol. The molecule has 0 aliphatic carbocycles. The first-order chi connectivity index (χ1) is 12.0. The Hall–Kier alpha value is -3.08. The molecule has 0 saturated carbocycles. The van der Waals surface area contributed by atoms with Gasteiger partial charge >= 0.3 is 0 Å². The van der Waals surface area contributed by atoms with E-state index in [1.165, 1.54) is 6.92 Å². The highest BCUT2D eigenvalue weighted by atomic mass is 16.2. The van der Waals surface area contributed by atoms with Gasteiger partial charge < -0.3 is 15.6 Å². The average molecular weight is 335 g/mol. The Morgan fingerprint density at radius 1 is 1.08 bits per heavy atom. The van der Waals surface area contributed by atoms with Crippen LogP contribution in [0.3, 0.4) is 0 Å². The molecule has 1 heterocycles. The van der Waals surface area contributed by atoms with Gasteiger partial charge in [-0.3, -0.25) is 9.59 Å². The van der Waals surface area contributed by atoms with E-state index in [1.807, 2.05) is 43.5 Å². The fourth-order valence-electron chi connectivity index (χ4n) is 2.84. The van der Waals surface area contributed by atoms with E-state index in [9.17, 15) is 9.59 Å². The molecule has 0 saturated heterocycles. The molecule has 0 aliphatic rings. The number of H-pyrrole nitrogens is 1. The lowest BCUT2D eigenvalue weighted by atomic mass is 10.1. The number of hydrogen-bond donors (Lipinski definition) is 3. The maximum atomic E-state index is 12.3. The van der Waals surface area contributed by atoms with Gasteiger partial charge in [-0.25, -0.2) is 0 Å². The zero-order valence-electron chi connectivity index (χ0n) is 14.3. The zero-order valence-corrected chi connectivity index (χ0v) is 14.3. The number of benzene rings is 2. The van der Waals surface area contributed by atoms with Crippen LogP contribution in [0.4, 0.5) is 11.4 Å². The van der Waals surface area contributed by atoms with E-state index in [0.29, 0.717) is 18.5 Å². The minimum Gasteiger partial charge on any atom is -0.361 e. The molecule has 0 aliphatic heterocycles.